The molecule has 1 amide bonds. The minimum atomic E-state index is -3.71. The van der Waals surface area contributed by atoms with Gasteiger partial charge >= 0.3 is 0 Å². The molecule has 0 aliphatic carbocycles. The minimum Gasteiger partial charge on any atom is -0.354 e. The fourth-order valence-corrected chi connectivity index (χ4v) is 4.00. The standard InChI is InChI=1S/C23H25N3O4S/c1-5-22(27)24-23-17(4)25-30-21(23)14-11-18-9-12-19(13-10-18)31(28,29)26-20-8-6-7-15(2)16(20)3/h6-14,26H,5H2,1-4H3,(H,24,27)/b14-11-. The summed E-state index contributed by atoms with van der Waals surface area (Å²) in [6.45, 7) is 7.32. The Balaban J connectivity index is 1.78. The molecule has 0 aliphatic heterocycles. The van der Waals surface area contributed by atoms with Gasteiger partial charge in [-0.25, -0.2) is 8.42 Å². The Morgan fingerprint density at radius 2 is 1.77 bits per heavy atom. The lowest BCUT2D eigenvalue weighted by Gasteiger charge is -2.12. The Hall–Kier alpha value is -3.39. The maximum absolute atomic E-state index is 12.7. The molecule has 0 radical (unpaired) electrons. The van der Waals surface area contributed by atoms with E-state index in [0.717, 1.165) is 16.7 Å². The quantitative estimate of drug-likeness (QED) is 0.544. The van der Waals surface area contributed by atoms with E-state index in [2.05, 4.69) is 15.2 Å². The number of nitrogens with zero attached hydrogens (tertiary/aromatic N) is 1. The van der Waals surface area contributed by atoms with Crippen LogP contribution in [0, 0.1) is 20.8 Å². The Bertz CT molecular complexity index is 1230. The van der Waals surface area contributed by atoms with E-state index in [0.29, 0.717) is 29.2 Å². The Morgan fingerprint density at radius 1 is 1.06 bits per heavy atom. The average Bonchev–Trinajstić information content (AvgIpc) is 3.09. The predicted molar refractivity (Wildman–Crippen MR) is 122 cm³/mol. The first-order valence-electron chi connectivity index (χ1n) is 9.84. The zero-order chi connectivity index (χ0) is 22.6. The van der Waals surface area contributed by atoms with Crippen molar-refractivity contribution in [2.24, 2.45) is 0 Å². The Kier molecular flexibility index (Phi) is 6.60. The molecule has 0 fully saturated rings. The molecule has 3 rings (SSSR count). The number of hydrogen-bond acceptors (Lipinski definition) is 5. The number of rotatable bonds is 7. The van der Waals surface area contributed by atoms with Gasteiger partial charge in [-0.1, -0.05) is 42.4 Å². The highest BCUT2D eigenvalue weighted by Gasteiger charge is 2.16. The van der Waals surface area contributed by atoms with Gasteiger partial charge in [-0.05, 0) is 61.7 Å². The summed E-state index contributed by atoms with van der Waals surface area (Å²) in [6, 6.07) is 12.0. The second-order valence-corrected chi connectivity index (χ2v) is 8.85. The molecule has 0 bridgehead atoms. The van der Waals surface area contributed by atoms with Crippen LogP contribution in [0.1, 0.15) is 41.5 Å². The number of nitrogens with one attached hydrogen (secondary N) is 2. The lowest BCUT2D eigenvalue weighted by Crippen LogP contribution is -2.14. The second-order valence-electron chi connectivity index (χ2n) is 7.16. The van der Waals surface area contributed by atoms with Crippen molar-refractivity contribution in [2.45, 2.75) is 39.0 Å². The summed E-state index contributed by atoms with van der Waals surface area (Å²) in [7, 11) is -3.71. The van der Waals surface area contributed by atoms with E-state index in [4.69, 9.17) is 4.52 Å². The van der Waals surface area contributed by atoms with Gasteiger partial charge in [0.1, 0.15) is 11.4 Å². The zero-order valence-corrected chi connectivity index (χ0v) is 18.7. The maximum atomic E-state index is 12.7. The summed E-state index contributed by atoms with van der Waals surface area (Å²) >= 11 is 0. The van der Waals surface area contributed by atoms with E-state index in [9.17, 15) is 13.2 Å². The van der Waals surface area contributed by atoms with Crippen LogP contribution in [0.3, 0.4) is 0 Å². The molecular formula is C23H25N3O4S. The van der Waals surface area contributed by atoms with Crippen molar-refractivity contribution >= 4 is 39.5 Å². The van der Waals surface area contributed by atoms with Crippen molar-refractivity contribution in [3.8, 4) is 0 Å². The van der Waals surface area contributed by atoms with Crippen molar-refractivity contribution in [1.82, 2.24) is 5.16 Å². The molecule has 0 saturated heterocycles. The van der Waals surface area contributed by atoms with Crippen LogP contribution in [-0.2, 0) is 14.8 Å². The van der Waals surface area contributed by atoms with Gasteiger partial charge in [0.05, 0.1) is 10.6 Å². The predicted octanol–water partition coefficient (Wildman–Crippen LogP) is 4.92. The van der Waals surface area contributed by atoms with E-state index in [-0.39, 0.29) is 10.8 Å². The molecular weight excluding hydrogens is 414 g/mol. The van der Waals surface area contributed by atoms with Gasteiger partial charge in [0, 0.05) is 6.42 Å². The summed E-state index contributed by atoms with van der Waals surface area (Å²) in [5.74, 6) is 0.291. The fraction of sp³-hybridized carbons (Fsp3) is 0.217. The van der Waals surface area contributed by atoms with Crippen LogP contribution >= 0.6 is 0 Å². The van der Waals surface area contributed by atoms with Crippen LogP contribution < -0.4 is 10.0 Å². The fourth-order valence-electron chi connectivity index (χ4n) is 2.88. The summed E-state index contributed by atoms with van der Waals surface area (Å²) in [5, 5.41) is 6.66. The van der Waals surface area contributed by atoms with Crippen molar-refractivity contribution in [2.75, 3.05) is 10.0 Å². The lowest BCUT2D eigenvalue weighted by molar-refractivity contribution is -0.115. The van der Waals surface area contributed by atoms with Gasteiger partial charge in [0.15, 0.2) is 5.76 Å². The van der Waals surface area contributed by atoms with Crippen LogP contribution in [0.25, 0.3) is 12.2 Å². The van der Waals surface area contributed by atoms with Crippen LogP contribution in [0.4, 0.5) is 11.4 Å². The molecule has 0 aliphatic rings. The largest absolute Gasteiger partial charge is 0.354 e. The third kappa shape index (κ3) is 5.21. The molecule has 0 saturated carbocycles. The van der Waals surface area contributed by atoms with Gasteiger partial charge in [-0.3, -0.25) is 9.52 Å². The summed E-state index contributed by atoms with van der Waals surface area (Å²) < 4.78 is 33.4. The topological polar surface area (TPSA) is 101 Å². The second kappa shape index (κ2) is 9.18. The number of amides is 1. The molecule has 2 N–H and O–H groups in total. The number of carbonyl (C=O) groups is 1. The Labute approximate surface area is 182 Å². The molecule has 7 nitrogen and oxygen atoms in total. The van der Waals surface area contributed by atoms with Crippen molar-refractivity contribution in [1.29, 1.82) is 0 Å². The number of hydrogen-bond donors (Lipinski definition) is 2. The van der Waals surface area contributed by atoms with Gasteiger partial charge in [-0.15, -0.1) is 0 Å². The van der Waals surface area contributed by atoms with E-state index >= 15 is 0 Å². The van der Waals surface area contributed by atoms with Crippen LogP contribution in [-0.4, -0.2) is 19.5 Å². The number of anilines is 2. The molecule has 0 atom stereocenters. The molecule has 31 heavy (non-hydrogen) atoms. The molecule has 162 valence electrons. The number of aromatic nitrogens is 1. The normalized spacial score (nSPS) is 11.6. The van der Waals surface area contributed by atoms with Crippen molar-refractivity contribution in [3.05, 3.63) is 70.6 Å². The highest BCUT2D eigenvalue weighted by molar-refractivity contribution is 7.92. The minimum absolute atomic E-state index is 0.133. The van der Waals surface area contributed by atoms with Gasteiger partial charge in [-0.2, -0.15) is 0 Å². The molecule has 8 heteroatoms. The summed E-state index contributed by atoms with van der Waals surface area (Å²) in [4.78, 5) is 11.9. The summed E-state index contributed by atoms with van der Waals surface area (Å²) in [6.07, 6.45) is 3.79. The molecule has 0 unspecified atom stereocenters. The highest BCUT2D eigenvalue weighted by Crippen LogP contribution is 2.24. The first kappa shape index (κ1) is 22.3. The first-order valence-corrected chi connectivity index (χ1v) is 11.3. The molecule has 2 aromatic carbocycles. The van der Waals surface area contributed by atoms with Gasteiger partial charge < -0.3 is 9.84 Å². The van der Waals surface area contributed by atoms with E-state index < -0.39 is 10.0 Å². The first-order chi connectivity index (χ1) is 14.7. The van der Waals surface area contributed by atoms with Crippen molar-refractivity contribution in [3.63, 3.8) is 0 Å². The lowest BCUT2D eigenvalue weighted by atomic mass is 10.1. The van der Waals surface area contributed by atoms with Crippen LogP contribution in [0.5, 0.6) is 0 Å². The summed E-state index contributed by atoms with van der Waals surface area (Å²) in [5.41, 5.74) is 4.34. The SMILES string of the molecule is CCC(=O)Nc1c(C)noc1/C=C\c1ccc(S(=O)(=O)Nc2cccc(C)c2C)cc1. The van der Waals surface area contributed by atoms with Crippen molar-refractivity contribution < 1.29 is 17.7 Å². The van der Waals surface area contributed by atoms with E-state index in [1.165, 1.54) is 0 Å². The average molecular weight is 440 g/mol. The van der Waals surface area contributed by atoms with E-state index in [1.54, 1.807) is 56.3 Å². The monoisotopic (exact) mass is 439 g/mol. The van der Waals surface area contributed by atoms with Crippen LogP contribution in [0.2, 0.25) is 0 Å². The van der Waals surface area contributed by atoms with Gasteiger partial charge in [0.25, 0.3) is 10.0 Å². The smallest absolute Gasteiger partial charge is 0.261 e. The number of aryl methyl sites for hydroxylation is 2. The highest BCUT2D eigenvalue weighted by atomic mass is 32.2. The molecule has 3 aromatic rings. The van der Waals surface area contributed by atoms with Crippen LogP contribution in [0.15, 0.2) is 51.9 Å². The zero-order valence-electron chi connectivity index (χ0n) is 17.9. The maximum Gasteiger partial charge on any atom is 0.261 e. The third-order valence-electron chi connectivity index (χ3n) is 4.94. The number of sulfonamides is 1. The molecule has 1 aromatic heterocycles. The molecule has 1 heterocycles. The Morgan fingerprint density at radius 3 is 2.45 bits per heavy atom. The van der Waals surface area contributed by atoms with E-state index in [1.807, 2.05) is 26.0 Å². The number of carbonyl (C=O) groups excluding carboxylic acids is 1. The van der Waals surface area contributed by atoms with Gasteiger partial charge in [0.2, 0.25) is 5.91 Å². The molecule has 0 spiro atoms. The number of benzene rings is 2. The third-order valence-corrected chi connectivity index (χ3v) is 6.32.